The smallest absolute Gasteiger partial charge is 0.311 e. The Kier molecular flexibility index (Phi) is 6.00. The Morgan fingerprint density at radius 3 is 1.70 bits per heavy atom. The highest BCUT2D eigenvalue weighted by Crippen LogP contribution is 2.21. The first-order valence-electron chi connectivity index (χ1n) is 8.85. The third-order valence-corrected chi connectivity index (χ3v) is 4.34. The molecule has 1 N–H and O–H groups in total. The third kappa shape index (κ3) is 4.82. The number of nitrogens with zero attached hydrogens (tertiary/aromatic N) is 1. The van der Waals surface area contributed by atoms with Crippen LogP contribution in [0.25, 0.3) is 0 Å². The van der Waals surface area contributed by atoms with Gasteiger partial charge in [0.25, 0.3) is 0 Å². The van der Waals surface area contributed by atoms with Gasteiger partial charge in [-0.15, -0.1) is 0 Å². The summed E-state index contributed by atoms with van der Waals surface area (Å²) >= 11 is 0. The monoisotopic (exact) mass is 358 g/mol. The summed E-state index contributed by atoms with van der Waals surface area (Å²) < 4.78 is 0. The first-order valence-corrected chi connectivity index (χ1v) is 8.85. The fourth-order valence-electron chi connectivity index (χ4n) is 2.95. The van der Waals surface area contributed by atoms with E-state index in [-0.39, 0.29) is 6.04 Å². The third-order valence-electron chi connectivity index (χ3n) is 4.34. The van der Waals surface area contributed by atoms with Crippen LogP contribution in [0.5, 0.6) is 0 Å². The van der Waals surface area contributed by atoms with E-state index in [0.29, 0.717) is 6.54 Å². The van der Waals surface area contributed by atoms with Crippen LogP contribution in [-0.2, 0) is 16.1 Å². The van der Waals surface area contributed by atoms with Gasteiger partial charge in [0.15, 0.2) is 0 Å². The highest BCUT2D eigenvalue weighted by atomic mass is 16.2. The van der Waals surface area contributed by atoms with Gasteiger partial charge in [-0.3, -0.25) is 9.59 Å². The number of benzene rings is 3. The van der Waals surface area contributed by atoms with Crippen LogP contribution in [0, 0.1) is 0 Å². The molecule has 136 valence electrons. The second-order valence-corrected chi connectivity index (χ2v) is 6.37. The Balaban J connectivity index is 1.75. The molecule has 0 aliphatic carbocycles. The Hall–Kier alpha value is -3.40. The van der Waals surface area contributed by atoms with E-state index >= 15 is 0 Å². The molecule has 0 aliphatic heterocycles. The zero-order valence-corrected chi connectivity index (χ0v) is 15.2. The predicted octanol–water partition coefficient (Wildman–Crippen LogP) is 3.55. The molecule has 4 heteroatoms. The van der Waals surface area contributed by atoms with Gasteiger partial charge in [-0.1, -0.05) is 91.0 Å². The van der Waals surface area contributed by atoms with Crippen molar-refractivity contribution in [2.24, 2.45) is 0 Å². The molecule has 0 saturated carbocycles. The summed E-state index contributed by atoms with van der Waals surface area (Å²) in [6.07, 6.45) is 0. The number of amides is 2. The molecule has 0 aromatic heterocycles. The summed E-state index contributed by atoms with van der Waals surface area (Å²) in [6, 6.07) is 28.5. The maximum Gasteiger partial charge on any atom is 0.311 e. The van der Waals surface area contributed by atoms with Crippen LogP contribution in [0.2, 0.25) is 0 Å². The summed E-state index contributed by atoms with van der Waals surface area (Å²) in [5, 5.41) is 2.89. The minimum atomic E-state index is -0.619. The predicted molar refractivity (Wildman–Crippen MR) is 106 cm³/mol. The van der Waals surface area contributed by atoms with Crippen molar-refractivity contribution in [3.8, 4) is 0 Å². The molecule has 27 heavy (non-hydrogen) atoms. The summed E-state index contributed by atoms with van der Waals surface area (Å²) in [7, 11) is 1.63. The molecule has 0 aliphatic rings. The molecule has 2 amide bonds. The summed E-state index contributed by atoms with van der Waals surface area (Å²) in [6.45, 7) is 0.383. The normalized spacial score (nSPS) is 10.4. The molecule has 3 aromatic rings. The molecular weight excluding hydrogens is 336 g/mol. The number of hydrogen-bond acceptors (Lipinski definition) is 2. The van der Waals surface area contributed by atoms with Gasteiger partial charge in [-0.05, 0) is 16.7 Å². The molecule has 3 aromatic carbocycles. The quantitative estimate of drug-likeness (QED) is 0.709. The standard InChI is InChI=1S/C23H22N2O2/c1-25(17-18-11-5-2-6-12-18)23(27)22(26)24-21(19-13-7-3-8-14-19)20-15-9-4-10-16-20/h2-16,21H,17H2,1H3,(H,24,26). The van der Waals surface area contributed by atoms with Gasteiger partial charge in [0.1, 0.15) is 0 Å². The van der Waals surface area contributed by atoms with Crippen LogP contribution < -0.4 is 5.32 Å². The van der Waals surface area contributed by atoms with Crippen molar-refractivity contribution < 1.29 is 9.59 Å². The number of hydrogen-bond donors (Lipinski definition) is 1. The van der Waals surface area contributed by atoms with Gasteiger partial charge in [-0.2, -0.15) is 0 Å². The second-order valence-electron chi connectivity index (χ2n) is 6.37. The van der Waals surface area contributed by atoms with Gasteiger partial charge in [-0.25, -0.2) is 0 Å². The number of carbonyl (C=O) groups is 2. The van der Waals surface area contributed by atoms with E-state index in [1.165, 1.54) is 4.90 Å². The van der Waals surface area contributed by atoms with Gasteiger partial charge in [0.2, 0.25) is 0 Å². The van der Waals surface area contributed by atoms with E-state index in [0.717, 1.165) is 16.7 Å². The van der Waals surface area contributed by atoms with Gasteiger partial charge >= 0.3 is 11.8 Å². The number of carbonyl (C=O) groups excluding carboxylic acids is 2. The van der Waals surface area contributed by atoms with Crippen molar-refractivity contribution >= 4 is 11.8 Å². The van der Waals surface area contributed by atoms with Crippen LogP contribution in [0.15, 0.2) is 91.0 Å². The van der Waals surface area contributed by atoms with Crippen LogP contribution in [-0.4, -0.2) is 23.8 Å². The number of nitrogens with one attached hydrogen (secondary N) is 1. The van der Waals surface area contributed by atoms with Crippen molar-refractivity contribution in [3.63, 3.8) is 0 Å². The van der Waals surface area contributed by atoms with Crippen LogP contribution in [0.3, 0.4) is 0 Å². The van der Waals surface area contributed by atoms with E-state index < -0.39 is 11.8 Å². The van der Waals surface area contributed by atoms with Gasteiger partial charge in [0.05, 0.1) is 6.04 Å². The zero-order chi connectivity index (χ0) is 19.1. The van der Waals surface area contributed by atoms with Crippen LogP contribution in [0.4, 0.5) is 0 Å². The lowest BCUT2D eigenvalue weighted by atomic mass is 9.98. The fraction of sp³-hybridized carbons (Fsp3) is 0.130. The average Bonchev–Trinajstić information content (AvgIpc) is 2.73. The van der Waals surface area contributed by atoms with E-state index in [4.69, 9.17) is 0 Å². The Morgan fingerprint density at radius 1 is 0.778 bits per heavy atom. The Labute approximate surface area is 159 Å². The van der Waals surface area contributed by atoms with Crippen molar-refractivity contribution in [2.45, 2.75) is 12.6 Å². The highest BCUT2D eigenvalue weighted by molar-refractivity contribution is 6.35. The minimum Gasteiger partial charge on any atom is -0.337 e. The molecule has 0 unspecified atom stereocenters. The first-order chi connectivity index (χ1) is 13.1. The van der Waals surface area contributed by atoms with Crippen molar-refractivity contribution in [1.82, 2.24) is 10.2 Å². The summed E-state index contributed by atoms with van der Waals surface area (Å²) in [4.78, 5) is 26.6. The maximum atomic E-state index is 12.6. The Bertz CT molecular complexity index is 841. The lowest BCUT2D eigenvalue weighted by molar-refractivity contribution is -0.145. The number of likely N-dealkylation sites (N-methyl/N-ethyl adjacent to an activating group) is 1. The Morgan fingerprint density at radius 2 is 1.22 bits per heavy atom. The molecule has 0 fully saturated rings. The van der Waals surface area contributed by atoms with E-state index in [2.05, 4.69) is 5.32 Å². The van der Waals surface area contributed by atoms with Gasteiger partial charge < -0.3 is 10.2 Å². The van der Waals surface area contributed by atoms with E-state index in [1.807, 2.05) is 91.0 Å². The summed E-state index contributed by atoms with van der Waals surface area (Å²) in [5.41, 5.74) is 2.83. The molecular formula is C23H22N2O2. The van der Waals surface area contributed by atoms with Gasteiger partial charge in [0, 0.05) is 13.6 Å². The second kappa shape index (κ2) is 8.81. The average molecular weight is 358 g/mol. The topological polar surface area (TPSA) is 49.4 Å². The molecule has 0 radical (unpaired) electrons. The molecule has 0 saturated heterocycles. The minimum absolute atomic E-state index is 0.381. The summed E-state index contributed by atoms with van der Waals surface area (Å²) in [5.74, 6) is -1.18. The van der Waals surface area contributed by atoms with Crippen molar-refractivity contribution in [2.75, 3.05) is 7.05 Å². The van der Waals surface area contributed by atoms with Crippen molar-refractivity contribution in [1.29, 1.82) is 0 Å². The van der Waals surface area contributed by atoms with Crippen LogP contribution in [0.1, 0.15) is 22.7 Å². The molecule has 0 atom stereocenters. The maximum absolute atomic E-state index is 12.6. The fourth-order valence-corrected chi connectivity index (χ4v) is 2.95. The number of rotatable bonds is 5. The highest BCUT2D eigenvalue weighted by Gasteiger charge is 2.23. The zero-order valence-electron chi connectivity index (χ0n) is 15.2. The van der Waals surface area contributed by atoms with Crippen LogP contribution >= 0.6 is 0 Å². The lowest BCUT2D eigenvalue weighted by Crippen LogP contribution is -2.42. The SMILES string of the molecule is CN(Cc1ccccc1)C(=O)C(=O)NC(c1ccccc1)c1ccccc1. The van der Waals surface area contributed by atoms with Crippen molar-refractivity contribution in [3.05, 3.63) is 108 Å². The largest absolute Gasteiger partial charge is 0.337 e. The molecule has 0 heterocycles. The first kappa shape index (κ1) is 18.4. The molecule has 4 nitrogen and oxygen atoms in total. The molecule has 3 rings (SSSR count). The molecule has 0 bridgehead atoms. The lowest BCUT2D eigenvalue weighted by Gasteiger charge is -2.22. The van der Waals surface area contributed by atoms with E-state index in [1.54, 1.807) is 7.05 Å². The van der Waals surface area contributed by atoms with E-state index in [9.17, 15) is 9.59 Å². The molecule has 0 spiro atoms.